The third-order valence-corrected chi connectivity index (χ3v) is 3.53. The summed E-state index contributed by atoms with van der Waals surface area (Å²) in [4.78, 5) is 2.38. The van der Waals surface area contributed by atoms with Crippen LogP contribution in [0.2, 0.25) is 0 Å². The summed E-state index contributed by atoms with van der Waals surface area (Å²) in [6.07, 6.45) is 3.82. The first-order chi connectivity index (χ1) is 8.76. The van der Waals surface area contributed by atoms with Crippen LogP contribution in [0, 0.1) is 0 Å². The van der Waals surface area contributed by atoms with Crippen LogP contribution in [0.5, 0.6) is 5.75 Å². The summed E-state index contributed by atoms with van der Waals surface area (Å²) >= 11 is 0. The van der Waals surface area contributed by atoms with Gasteiger partial charge in [0.2, 0.25) is 0 Å². The number of hydrogen-bond donors (Lipinski definition) is 2. The normalized spacial score (nSPS) is 17.6. The summed E-state index contributed by atoms with van der Waals surface area (Å²) in [5, 5.41) is 9.14. The van der Waals surface area contributed by atoms with Crippen LogP contribution < -0.4 is 15.4 Å². The standard InChI is InChI=1S/C14H22N2O2/c1-18-14-9-11(16-7-3-2-4-8-16)5-6-12(14)13(15)10-17/h5-6,9,13,17H,2-4,7-8,10,15H2,1H3/t13-/m0/s1. The number of nitrogens with two attached hydrogens (primary N) is 1. The number of anilines is 1. The Labute approximate surface area is 108 Å². The van der Waals surface area contributed by atoms with Crippen LogP contribution in [-0.4, -0.2) is 31.9 Å². The minimum atomic E-state index is -0.379. The third kappa shape index (κ3) is 2.76. The molecule has 0 saturated carbocycles. The molecule has 3 N–H and O–H groups in total. The molecule has 1 aromatic rings. The van der Waals surface area contributed by atoms with Gasteiger partial charge in [0.25, 0.3) is 0 Å². The van der Waals surface area contributed by atoms with Gasteiger partial charge < -0.3 is 20.5 Å². The Hall–Kier alpha value is -1.26. The molecule has 0 unspecified atom stereocenters. The van der Waals surface area contributed by atoms with Crippen LogP contribution in [0.4, 0.5) is 5.69 Å². The number of benzene rings is 1. The molecule has 0 bridgehead atoms. The Balaban J connectivity index is 2.23. The number of methoxy groups -OCH3 is 1. The molecule has 4 nitrogen and oxygen atoms in total. The van der Waals surface area contributed by atoms with Crippen molar-refractivity contribution in [3.05, 3.63) is 23.8 Å². The van der Waals surface area contributed by atoms with E-state index < -0.39 is 0 Å². The van der Waals surface area contributed by atoms with Crippen LogP contribution in [0.15, 0.2) is 18.2 Å². The Bertz CT molecular complexity index is 389. The zero-order chi connectivity index (χ0) is 13.0. The molecule has 2 rings (SSSR count). The third-order valence-electron chi connectivity index (χ3n) is 3.53. The molecule has 1 fully saturated rings. The molecule has 1 heterocycles. The lowest BCUT2D eigenvalue weighted by Gasteiger charge is -2.29. The van der Waals surface area contributed by atoms with Gasteiger partial charge in [0.1, 0.15) is 5.75 Å². The smallest absolute Gasteiger partial charge is 0.125 e. The molecule has 0 aromatic heterocycles. The molecule has 1 aliphatic rings. The van der Waals surface area contributed by atoms with Gasteiger partial charge in [-0.15, -0.1) is 0 Å². The maximum absolute atomic E-state index is 9.14. The average molecular weight is 250 g/mol. The van der Waals surface area contributed by atoms with Gasteiger partial charge in [0.05, 0.1) is 19.8 Å². The lowest BCUT2D eigenvalue weighted by molar-refractivity contribution is 0.264. The van der Waals surface area contributed by atoms with E-state index in [4.69, 9.17) is 15.6 Å². The molecular formula is C14H22N2O2. The van der Waals surface area contributed by atoms with E-state index >= 15 is 0 Å². The molecule has 0 spiro atoms. The van der Waals surface area contributed by atoms with Gasteiger partial charge in [-0.25, -0.2) is 0 Å². The number of aliphatic hydroxyl groups is 1. The van der Waals surface area contributed by atoms with Crippen LogP contribution in [0.3, 0.4) is 0 Å². The van der Waals surface area contributed by atoms with E-state index in [-0.39, 0.29) is 12.6 Å². The molecule has 1 atom stereocenters. The molecular weight excluding hydrogens is 228 g/mol. The largest absolute Gasteiger partial charge is 0.496 e. The number of rotatable bonds is 4. The summed E-state index contributed by atoms with van der Waals surface area (Å²) in [6, 6.07) is 5.67. The minimum absolute atomic E-state index is 0.0700. The average Bonchev–Trinajstić information content (AvgIpc) is 2.46. The molecule has 0 aliphatic carbocycles. The molecule has 1 aromatic carbocycles. The summed E-state index contributed by atoms with van der Waals surface area (Å²) in [6.45, 7) is 2.14. The fourth-order valence-electron chi connectivity index (χ4n) is 2.45. The SMILES string of the molecule is COc1cc(N2CCCCC2)ccc1[C@@H](N)CO. The zero-order valence-electron chi connectivity index (χ0n) is 10.9. The highest BCUT2D eigenvalue weighted by molar-refractivity contribution is 5.54. The maximum Gasteiger partial charge on any atom is 0.125 e. The van der Waals surface area contributed by atoms with Gasteiger partial charge in [0.15, 0.2) is 0 Å². The topological polar surface area (TPSA) is 58.7 Å². The van der Waals surface area contributed by atoms with Gasteiger partial charge in [-0.05, 0) is 25.3 Å². The van der Waals surface area contributed by atoms with E-state index in [1.807, 2.05) is 12.1 Å². The number of hydrogen-bond acceptors (Lipinski definition) is 4. The maximum atomic E-state index is 9.14. The fourth-order valence-corrected chi connectivity index (χ4v) is 2.45. The van der Waals surface area contributed by atoms with Crippen molar-refractivity contribution in [1.29, 1.82) is 0 Å². The molecule has 1 aliphatic heterocycles. The van der Waals surface area contributed by atoms with Crippen LogP contribution in [0.25, 0.3) is 0 Å². The molecule has 18 heavy (non-hydrogen) atoms. The van der Waals surface area contributed by atoms with E-state index in [9.17, 15) is 0 Å². The molecule has 100 valence electrons. The first kappa shape index (κ1) is 13.2. The van der Waals surface area contributed by atoms with Crippen molar-refractivity contribution in [3.8, 4) is 5.75 Å². The Morgan fingerprint density at radius 2 is 2.06 bits per heavy atom. The van der Waals surface area contributed by atoms with Gasteiger partial charge >= 0.3 is 0 Å². The monoisotopic (exact) mass is 250 g/mol. The van der Waals surface area contributed by atoms with E-state index in [1.165, 1.54) is 24.9 Å². The highest BCUT2D eigenvalue weighted by Crippen LogP contribution is 2.30. The van der Waals surface area contributed by atoms with E-state index in [0.717, 1.165) is 24.4 Å². The molecule has 1 saturated heterocycles. The second-order valence-electron chi connectivity index (χ2n) is 4.76. The first-order valence-electron chi connectivity index (χ1n) is 6.55. The summed E-state index contributed by atoms with van der Waals surface area (Å²) in [5.41, 5.74) is 7.90. The molecule has 0 amide bonds. The summed E-state index contributed by atoms with van der Waals surface area (Å²) < 4.78 is 5.38. The second-order valence-corrected chi connectivity index (χ2v) is 4.76. The van der Waals surface area contributed by atoms with Crippen molar-refractivity contribution in [2.75, 3.05) is 31.7 Å². The van der Waals surface area contributed by atoms with Crippen molar-refractivity contribution >= 4 is 5.69 Å². The van der Waals surface area contributed by atoms with E-state index in [0.29, 0.717) is 0 Å². The quantitative estimate of drug-likeness (QED) is 0.853. The predicted octanol–water partition coefficient (Wildman–Crippen LogP) is 1.68. The zero-order valence-corrected chi connectivity index (χ0v) is 10.9. The highest BCUT2D eigenvalue weighted by Gasteiger charge is 2.15. The Morgan fingerprint density at radius 1 is 1.33 bits per heavy atom. The fraction of sp³-hybridized carbons (Fsp3) is 0.571. The lowest BCUT2D eigenvalue weighted by Crippen LogP contribution is -2.29. The number of piperidine rings is 1. The van der Waals surface area contributed by atoms with Crippen LogP contribution >= 0.6 is 0 Å². The van der Waals surface area contributed by atoms with Crippen LogP contribution in [-0.2, 0) is 0 Å². The van der Waals surface area contributed by atoms with Crippen LogP contribution in [0.1, 0.15) is 30.9 Å². The van der Waals surface area contributed by atoms with Crippen molar-refractivity contribution in [1.82, 2.24) is 0 Å². The molecule has 4 heteroatoms. The van der Waals surface area contributed by atoms with E-state index in [2.05, 4.69) is 11.0 Å². The Kier molecular flexibility index (Phi) is 4.44. The summed E-state index contributed by atoms with van der Waals surface area (Å²) in [5.74, 6) is 0.764. The lowest BCUT2D eigenvalue weighted by atomic mass is 10.0. The predicted molar refractivity (Wildman–Crippen MR) is 73.1 cm³/mol. The highest BCUT2D eigenvalue weighted by atomic mass is 16.5. The van der Waals surface area contributed by atoms with Gasteiger partial charge in [-0.1, -0.05) is 6.07 Å². The first-order valence-corrected chi connectivity index (χ1v) is 6.55. The van der Waals surface area contributed by atoms with Crippen molar-refractivity contribution in [2.45, 2.75) is 25.3 Å². The summed E-state index contributed by atoms with van der Waals surface area (Å²) in [7, 11) is 1.64. The molecule has 0 radical (unpaired) electrons. The number of aliphatic hydroxyl groups excluding tert-OH is 1. The Morgan fingerprint density at radius 3 is 2.67 bits per heavy atom. The van der Waals surface area contributed by atoms with Crippen molar-refractivity contribution in [3.63, 3.8) is 0 Å². The van der Waals surface area contributed by atoms with Crippen molar-refractivity contribution < 1.29 is 9.84 Å². The van der Waals surface area contributed by atoms with Gasteiger partial charge in [-0.3, -0.25) is 0 Å². The van der Waals surface area contributed by atoms with E-state index in [1.54, 1.807) is 7.11 Å². The number of nitrogens with zero attached hydrogens (tertiary/aromatic N) is 1. The van der Waals surface area contributed by atoms with Gasteiger partial charge in [-0.2, -0.15) is 0 Å². The second kappa shape index (κ2) is 6.07. The van der Waals surface area contributed by atoms with Gasteiger partial charge in [0, 0.05) is 30.4 Å². The number of ether oxygens (including phenoxy) is 1. The van der Waals surface area contributed by atoms with Crippen molar-refractivity contribution in [2.24, 2.45) is 5.73 Å². The minimum Gasteiger partial charge on any atom is -0.496 e.